The molecule has 0 aromatic heterocycles. The molecule has 0 spiro atoms. The number of carbonyl (C=O) groups excluding carboxylic acids is 1. The molecule has 1 amide bonds. The minimum atomic E-state index is -4.07. The van der Waals surface area contributed by atoms with Crippen LogP contribution in [0.15, 0.2) is 54.6 Å². The Labute approximate surface area is 169 Å². The summed E-state index contributed by atoms with van der Waals surface area (Å²) in [5.41, 5.74) is 2.31. The molecule has 2 aromatic carbocycles. The summed E-state index contributed by atoms with van der Waals surface area (Å²) in [6, 6.07) is 14.9. The number of amides is 1. The smallest absolute Gasteiger partial charge is 0.402 e. The lowest BCUT2D eigenvalue weighted by Gasteiger charge is -2.17. The van der Waals surface area contributed by atoms with Crippen LogP contribution in [0, 0.1) is 6.92 Å². The fourth-order valence-corrected chi connectivity index (χ4v) is 3.37. The molecule has 0 radical (unpaired) electrons. The number of carbonyl (C=O) groups is 2. The van der Waals surface area contributed by atoms with Gasteiger partial charge in [-0.25, -0.2) is 14.4 Å². The molecule has 29 heavy (non-hydrogen) atoms. The largest absolute Gasteiger partial charge is 0.480 e. The van der Waals surface area contributed by atoms with Gasteiger partial charge >= 0.3 is 13.7 Å². The fraction of sp³-hybridized carbons (Fsp3) is 0.300. The van der Waals surface area contributed by atoms with Crippen molar-refractivity contribution >= 4 is 19.6 Å². The summed E-state index contributed by atoms with van der Waals surface area (Å²) in [5.74, 6) is -1.79. The molecule has 2 aromatic rings. The molecule has 2 atom stereocenters. The third kappa shape index (κ3) is 8.17. The summed E-state index contributed by atoms with van der Waals surface area (Å²) in [4.78, 5) is 33.4. The number of aryl methyl sites for hydroxylation is 1. The number of rotatable bonds is 11. The molecule has 8 nitrogen and oxygen atoms in total. The van der Waals surface area contributed by atoms with E-state index in [-0.39, 0.29) is 19.6 Å². The van der Waals surface area contributed by atoms with Crippen LogP contribution in [0.4, 0.5) is 0 Å². The average Bonchev–Trinajstić information content (AvgIpc) is 2.68. The van der Waals surface area contributed by atoms with Crippen molar-refractivity contribution in [2.24, 2.45) is 0 Å². The van der Waals surface area contributed by atoms with Gasteiger partial charge in [-0.15, -0.1) is 0 Å². The van der Waals surface area contributed by atoms with Crippen LogP contribution < -0.4 is 10.4 Å². The van der Waals surface area contributed by atoms with E-state index in [4.69, 9.17) is 4.52 Å². The minimum Gasteiger partial charge on any atom is -0.480 e. The molecule has 0 aliphatic carbocycles. The van der Waals surface area contributed by atoms with Crippen LogP contribution in [0.2, 0.25) is 0 Å². The maximum atomic E-state index is 12.2. The van der Waals surface area contributed by atoms with E-state index in [1.54, 1.807) is 24.3 Å². The standard InChI is InChI=1S/C20H25N2O6P/c1-15-7-9-17(10-8-15)19(23)22-18(20(24)25)12-14-28-29(26,27)21-13-11-16-5-3-2-4-6-16/h2-10,18H,11-14H2,1H3,(H,22,23)(H,24,25)(H2,21,26,27)/t18-/m0/s1. The van der Waals surface area contributed by atoms with Crippen molar-refractivity contribution in [3.05, 3.63) is 71.3 Å². The van der Waals surface area contributed by atoms with E-state index < -0.39 is 25.7 Å². The van der Waals surface area contributed by atoms with E-state index in [2.05, 4.69) is 10.4 Å². The quantitative estimate of drug-likeness (QED) is 0.412. The van der Waals surface area contributed by atoms with Gasteiger partial charge in [0.25, 0.3) is 5.91 Å². The van der Waals surface area contributed by atoms with Crippen LogP contribution in [-0.2, 0) is 20.3 Å². The summed E-state index contributed by atoms with van der Waals surface area (Å²) in [6.45, 7) is 1.79. The van der Waals surface area contributed by atoms with Gasteiger partial charge in [0.15, 0.2) is 0 Å². The molecule has 0 fully saturated rings. The molecule has 9 heteroatoms. The van der Waals surface area contributed by atoms with Gasteiger partial charge in [0.2, 0.25) is 0 Å². The Bertz CT molecular complexity index is 857. The second-order valence-corrected chi connectivity index (χ2v) is 8.13. The molecule has 0 aliphatic heterocycles. The van der Waals surface area contributed by atoms with E-state index >= 15 is 0 Å². The van der Waals surface area contributed by atoms with Crippen LogP contribution in [-0.4, -0.2) is 41.1 Å². The Kier molecular flexibility index (Phi) is 8.54. The molecule has 4 N–H and O–H groups in total. The summed E-state index contributed by atoms with van der Waals surface area (Å²) >= 11 is 0. The first-order valence-electron chi connectivity index (χ1n) is 9.13. The lowest BCUT2D eigenvalue weighted by atomic mass is 10.1. The number of carboxylic acids is 1. The van der Waals surface area contributed by atoms with Crippen LogP contribution in [0.1, 0.15) is 27.9 Å². The number of nitrogens with one attached hydrogen (secondary N) is 2. The van der Waals surface area contributed by atoms with Crippen LogP contribution in [0.5, 0.6) is 0 Å². The van der Waals surface area contributed by atoms with Crippen molar-refractivity contribution in [2.75, 3.05) is 13.2 Å². The van der Waals surface area contributed by atoms with Crippen molar-refractivity contribution in [1.29, 1.82) is 0 Å². The zero-order valence-electron chi connectivity index (χ0n) is 16.1. The van der Waals surface area contributed by atoms with Gasteiger partial charge < -0.3 is 15.3 Å². The van der Waals surface area contributed by atoms with Gasteiger partial charge in [0.1, 0.15) is 6.04 Å². The highest BCUT2D eigenvalue weighted by Crippen LogP contribution is 2.36. The molecule has 1 unspecified atom stereocenters. The number of hydrogen-bond acceptors (Lipinski definition) is 4. The van der Waals surface area contributed by atoms with Gasteiger partial charge in [-0.05, 0) is 31.0 Å². The lowest BCUT2D eigenvalue weighted by molar-refractivity contribution is -0.139. The van der Waals surface area contributed by atoms with Crippen LogP contribution >= 0.6 is 7.75 Å². The Morgan fingerprint density at radius 3 is 2.38 bits per heavy atom. The van der Waals surface area contributed by atoms with Crippen molar-refractivity contribution in [2.45, 2.75) is 25.8 Å². The normalized spacial score (nSPS) is 14.0. The molecule has 0 saturated carbocycles. The number of benzene rings is 2. The Morgan fingerprint density at radius 1 is 1.10 bits per heavy atom. The molecular weight excluding hydrogens is 395 g/mol. The Balaban J connectivity index is 1.78. The van der Waals surface area contributed by atoms with Gasteiger partial charge in [-0.3, -0.25) is 9.32 Å². The summed E-state index contributed by atoms with van der Waals surface area (Å²) in [5, 5.41) is 14.1. The summed E-state index contributed by atoms with van der Waals surface area (Å²) in [7, 11) is -4.07. The maximum Gasteiger partial charge on any atom is 0.402 e. The summed E-state index contributed by atoms with van der Waals surface area (Å²) in [6.07, 6.45) is 0.386. The Morgan fingerprint density at radius 2 is 1.76 bits per heavy atom. The van der Waals surface area contributed by atoms with E-state index in [1.165, 1.54) is 0 Å². The van der Waals surface area contributed by atoms with Gasteiger partial charge in [-0.2, -0.15) is 0 Å². The SMILES string of the molecule is Cc1ccc(C(=O)N[C@@H](CCOP(=O)(O)NCCc2ccccc2)C(=O)O)cc1. The van der Waals surface area contributed by atoms with Gasteiger partial charge in [0, 0.05) is 18.5 Å². The first-order valence-corrected chi connectivity index (χ1v) is 10.7. The van der Waals surface area contributed by atoms with Crippen molar-refractivity contribution in [3.8, 4) is 0 Å². The van der Waals surface area contributed by atoms with E-state index in [0.29, 0.717) is 12.0 Å². The second-order valence-electron chi connectivity index (χ2n) is 6.52. The van der Waals surface area contributed by atoms with Gasteiger partial charge in [-0.1, -0.05) is 48.0 Å². The zero-order chi connectivity index (χ0) is 21.3. The van der Waals surface area contributed by atoms with Crippen molar-refractivity contribution < 1.29 is 28.7 Å². The highest BCUT2D eigenvalue weighted by Gasteiger charge is 2.24. The molecular formula is C20H25N2O6P. The molecule has 2 rings (SSSR count). The molecule has 0 aliphatic rings. The predicted octanol–water partition coefficient (Wildman–Crippen LogP) is 2.52. The lowest BCUT2D eigenvalue weighted by Crippen LogP contribution is -2.41. The predicted molar refractivity (Wildman–Crippen MR) is 109 cm³/mol. The number of carboxylic acid groups (broad SMARTS) is 1. The minimum absolute atomic E-state index is 0.155. The van der Waals surface area contributed by atoms with Crippen molar-refractivity contribution in [1.82, 2.24) is 10.4 Å². The van der Waals surface area contributed by atoms with Crippen LogP contribution in [0.3, 0.4) is 0 Å². The third-order valence-corrected chi connectivity index (χ3v) is 5.31. The van der Waals surface area contributed by atoms with Crippen LogP contribution in [0.25, 0.3) is 0 Å². The van der Waals surface area contributed by atoms with E-state index in [9.17, 15) is 24.2 Å². The maximum absolute atomic E-state index is 12.2. The molecule has 0 bridgehead atoms. The monoisotopic (exact) mass is 420 g/mol. The van der Waals surface area contributed by atoms with Crippen molar-refractivity contribution in [3.63, 3.8) is 0 Å². The molecule has 0 saturated heterocycles. The summed E-state index contributed by atoms with van der Waals surface area (Å²) < 4.78 is 17.0. The first-order chi connectivity index (χ1) is 13.8. The Hall–Kier alpha value is -2.51. The average molecular weight is 420 g/mol. The first kappa shape index (κ1) is 22.8. The topological polar surface area (TPSA) is 125 Å². The fourth-order valence-electron chi connectivity index (χ4n) is 2.53. The zero-order valence-corrected chi connectivity index (χ0v) is 17.0. The van der Waals surface area contributed by atoms with E-state index in [0.717, 1.165) is 11.1 Å². The highest BCUT2D eigenvalue weighted by molar-refractivity contribution is 7.50. The second kappa shape index (κ2) is 10.9. The third-order valence-electron chi connectivity index (χ3n) is 4.16. The van der Waals surface area contributed by atoms with E-state index in [1.807, 2.05) is 37.3 Å². The molecule has 156 valence electrons. The molecule has 0 heterocycles. The highest BCUT2D eigenvalue weighted by atomic mass is 31.2. The number of hydrogen-bond donors (Lipinski definition) is 4. The van der Waals surface area contributed by atoms with Gasteiger partial charge in [0.05, 0.1) is 6.61 Å². The number of aliphatic carboxylic acids is 1.